The van der Waals surface area contributed by atoms with Crippen molar-refractivity contribution in [2.24, 2.45) is 5.92 Å². The summed E-state index contributed by atoms with van der Waals surface area (Å²) in [6.07, 6.45) is 1.94. The normalized spacial score (nSPS) is 15.6. The van der Waals surface area contributed by atoms with E-state index in [1.54, 1.807) is 12.1 Å². The van der Waals surface area contributed by atoms with Crippen LogP contribution in [0.1, 0.15) is 23.2 Å². The third-order valence-corrected chi connectivity index (χ3v) is 6.62. The Hall–Kier alpha value is -4.17. The number of carbonyl (C=O) groups excluding carboxylic acids is 2. The molecule has 1 saturated heterocycles. The summed E-state index contributed by atoms with van der Waals surface area (Å²) in [5, 5.41) is 5.92. The highest BCUT2D eigenvalue weighted by Gasteiger charge is 2.29. The van der Waals surface area contributed by atoms with E-state index in [9.17, 15) is 9.59 Å². The Morgan fingerprint density at radius 3 is 2.33 bits per heavy atom. The summed E-state index contributed by atoms with van der Waals surface area (Å²) in [7, 11) is 0. The number of nitrogens with zero attached hydrogens (tertiary/aromatic N) is 2. The van der Waals surface area contributed by atoms with Crippen LogP contribution < -0.4 is 15.5 Å². The van der Waals surface area contributed by atoms with E-state index < -0.39 is 0 Å². The average Bonchev–Trinajstić information content (AvgIpc) is 3.69. The quantitative estimate of drug-likeness (QED) is 0.372. The smallest absolute Gasteiger partial charge is 0.255 e. The molecular formula is C28H27N5O3. The zero-order valence-electron chi connectivity index (χ0n) is 19.8. The molecule has 2 fully saturated rings. The minimum absolute atomic E-state index is 0.0759. The first-order chi connectivity index (χ1) is 17.6. The van der Waals surface area contributed by atoms with Gasteiger partial charge in [0.05, 0.1) is 24.2 Å². The molecule has 1 aromatic heterocycles. The molecule has 4 aromatic rings. The van der Waals surface area contributed by atoms with Gasteiger partial charge in [-0.15, -0.1) is 0 Å². The van der Waals surface area contributed by atoms with E-state index in [0.29, 0.717) is 11.4 Å². The van der Waals surface area contributed by atoms with Crippen molar-refractivity contribution in [3.05, 3.63) is 72.3 Å². The maximum absolute atomic E-state index is 12.8. The number of amides is 2. The second-order valence-electron chi connectivity index (χ2n) is 9.26. The number of benzene rings is 3. The van der Waals surface area contributed by atoms with E-state index in [0.717, 1.165) is 72.8 Å². The molecule has 8 nitrogen and oxygen atoms in total. The summed E-state index contributed by atoms with van der Waals surface area (Å²) >= 11 is 0. The lowest BCUT2D eigenvalue weighted by atomic mass is 10.1. The first kappa shape index (κ1) is 22.3. The van der Waals surface area contributed by atoms with Gasteiger partial charge in [-0.25, -0.2) is 4.98 Å². The van der Waals surface area contributed by atoms with Crippen LogP contribution in [0.2, 0.25) is 0 Å². The summed E-state index contributed by atoms with van der Waals surface area (Å²) in [6, 6.07) is 20.9. The number of ether oxygens (including phenoxy) is 1. The van der Waals surface area contributed by atoms with Crippen LogP contribution in [0.15, 0.2) is 66.7 Å². The van der Waals surface area contributed by atoms with Gasteiger partial charge in [-0.05, 0) is 67.4 Å². The molecule has 0 spiro atoms. The van der Waals surface area contributed by atoms with Crippen LogP contribution >= 0.6 is 0 Å². The number of aromatic nitrogens is 2. The molecule has 2 aliphatic rings. The van der Waals surface area contributed by atoms with E-state index in [4.69, 9.17) is 4.74 Å². The van der Waals surface area contributed by atoms with Gasteiger partial charge in [0, 0.05) is 47.2 Å². The van der Waals surface area contributed by atoms with Gasteiger partial charge < -0.3 is 25.3 Å². The fourth-order valence-corrected chi connectivity index (χ4v) is 4.37. The molecule has 36 heavy (non-hydrogen) atoms. The van der Waals surface area contributed by atoms with Crippen LogP contribution in [0.3, 0.4) is 0 Å². The fraction of sp³-hybridized carbons (Fsp3) is 0.250. The van der Waals surface area contributed by atoms with Gasteiger partial charge in [-0.3, -0.25) is 9.59 Å². The van der Waals surface area contributed by atoms with Gasteiger partial charge in [-0.2, -0.15) is 0 Å². The summed E-state index contributed by atoms with van der Waals surface area (Å²) in [4.78, 5) is 35.1. The fourth-order valence-electron chi connectivity index (χ4n) is 4.37. The second-order valence-corrected chi connectivity index (χ2v) is 9.26. The SMILES string of the molecule is O=C(Nc1ccc(N2CCOCC2)cc1)c1ccc(-c2nc3cc(NC(=O)C4CC4)ccc3[nH]2)cc1. The van der Waals surface area contributed by atoms with Crippen molar-refractivity contribution in [2.45, 2.75) is 12.8 Å². The number of H-pyrrole nitrogens is 1. The number of imidazole rings is 1. The number of carbonyl (C=O) groups is 2. The highest BCUT2D eigenvalue weighted by molar-refractivity contribution is 6.04. The van der Waals surface area contributed by atoms with Crippen LogP contribution in [-0.4, -0.2) is 48.1 Å². The Bertz CT molecular complexity index is 1400. The molecule has 182 valence electrons. The van der Waals surface area contributed by atoms with Gasteiger partial charge in [0.2, 0.25) is 5.91 Å². The predicted octanol–water partition coefficient (Wildman–Crippen LogP) is 4.67. The summed E-state index contributed by atoms with van der Waals surface area (Å²) in [5.74, 6) is 0.773. The molecule has 1 aliphatic heterocycles. The summed E-state index contributed by atoms with van der Waals surface area (Å²) < 4.78 is 5.41. The van der Waals surface area contributed by atoms with E-state index in [-0.39, 0.29) is 17.7 Å². The minimum Gasteiger partial charge on any atom is -0.378 e. The Morgan fingerprint density at radius 2 is 1.61 bits per heavy atom. The molecule has 0 unspecified atom stereocenters. The number of fused-ring (bicyclic) bond motifs is 1. The molecular weight excluding hydrogens is 454 g/mol. The van der Waals surface area contributed by atoms with Crippen LogP contribution in [0.25, 0.3) is 22.4 Å². The molecule has 3 N–H and O–H groups in total. The van der Waals surface area contributed by atoms with Crippen molar-refractivity contribution in [2.75, 3.05) is 41.8 Å². The molecule has 8 heteroatoms. The molecule has 0 radical (unpaired) electrons. The Balaban J connectivity index is 1.11. The highest BCUT2D eigenvalue weighted by atomic mass is 16.5. The predicted molar refractivity (Wildman–Crippen MR) is 140 cm³/mol. The molecule has 2 amide bonds. The zero-order valence-corrected chi connectivity index (χ0v) is 19.8. The van der Waals surface area contributed by atoms with Crippen LogP contribution in [0.5, 0.6) is 0 Å². The lowest BCUT2D eigenvalue weighted by Crippen LogP contribution is -2.36. The third-order valence-electron chi connectivity index (χ3n) is 6.62. The number of rotatable bonds is 6. The van der Waals surface area contributed by atoms with E-state index in [2.05, 4.69) is 25.5 Å². The number of hydrogen-bond acceptors (Lipinski definition) is 5. The molecule has 1 aliphatic carbocycles. The number of anilines is 3. The summed E-state index contributed by atoms with van der Waals surface area (Å²) in [5.41, 5.74) is 5.74. The number of hydrogen-bond donors (Lipinski definition) is 3. The molecule has 2 heterocycles. The lowest BCUT2D eigenvalue weighted by Gasteiger charge is -2.28. The van der Waals surface area contributed by atoms with Crippen molar-refractivity contribution < 1.29 is 14.3 Å². The standard InChI is InChI=1S/C28H27N5O3/c34-27(29-21-7-10-23(11-8-21)33-13-15-36-16-14-33)19-3-1-18(2-4-19)26-31-24-12-9-22(17-25(24)32-26)30-28(35)20-5-6-20/h1-4,7-12,17,20H,5-6,13-16H2,(H,29,34)(H,30,35)(H,31,32). The molecule has 0 atom stereocenters. The number of nitrogens with one attached hydrogen (secondary N) is 3. The largest absolute Gasteiger partial charge is 0.378 e. The maximum atomic E-state index is 12.8. The van der Waals surface area contributed by atoms with Crippen molar-refractivity contribution in [1.82, 2.24) is 9.97 Å². The van der Waals surface area contributed by atoms with Gasteiger partial charge in [0.15, 0.2) is 0 Å². The first-order valence-electron chi connectivity index (χ1n) is 12.3. The molecule has 6 rings (SSSR count). The number of morpholine rings is 1. The van der Waals surface area contributed by atoms with E-state index >= 15 is 0 Å². The van der Waals surface area contributed by atoms with E-state index in [1.165, 1.54) is 0 Å². The van der Waals surface area contributed by atoms with E-state index in [1.807, 2.05) is 54.6 Å². The second kappa shape index (κ2) is 9.47. The minimum atomic E-state index is -0.165. The molecule has 1 saturated carbocycles. The van der Waals surface area contributed by atoms with Crippen molar-refractivity contribution >= 4 is 39.9 Å². The topological polar surface area (TPSA) is 99.3 Å². The Labute approximate surface area is 208 Å². The van der Waals surface area contributed by atoms with Gasteiger partial charge in [0.1, 0.15) is 5.82 Å². The zero-order chi connectivity index (χ0) is 24.5. The summed E-state index contributed by atoms with van der Waals surface area (Å²) in [6.45, 7) is 3.23. The van der Waals surface area contributed by atoms with Crippen LogP contribution in [0, 0.1) is 5.92 Å². The molecule has 0 bridgehead atoms. The van der Waals surface area contributed by atoms with Gasteiger partial charge in [0.25, 0.3) is 5.91 Å². The van der Waals surface area contributed by atoms with Crippen molar-refractivity contribution in [1.29, 1.82) is 0 Å². The van der Waals surface area contributed by atoms with Crippen molar-refractivity contribution in [3.63, 3.8) is 0 Å². The van der Waals surface area contributed by atoms with Gasteiger partial charge in [-0.1, -0.05) is 12.1 Å². The number of aromatic amines is 1. The highest BCUT2D eigenvalue weighted by Crippen LogP contribution is 2.31. The Kier molecular flexibility index (Phi) is 5.87. The van der Waals surface area contributed by atoms with Crippen molar-refractivity contribution in [3.8, 4) is 11.4 Å². The Morgan fingerprint density at radius 1 is 0.889 bits per heavy atom. The monoisotopic (exact) mass is 481 g/mol. The average molecular weight is 482 g/mol. The van der Waals surface area contributed by atoms with Crippen LogP contribution in [-0.2, 0) is 9.53 Å². The molecule has 3 aromatic carbocycles. The maximum Gasteiger partial charge on any atom is 0.255 e. The first-order valence-corrected chi connectivity index (χ1v) is 12.3. The third kappa shape index (κ3) is 4.81. The van der Waals surface area contributed by atoms with Gasteiger partial charge >= 0.3 is 0 Å². The lowest BCUT2D eigenvalue weighted by molar-refractivity contribution is -0.117. The van der Waals surface area contributed by atoms with Crippen LogP contribution in [0.4, 0.5) is 17.1 Å².